The summed E-state index contributed by atoms with van der Waals surface area (Å²) < 4.78 is 14.5. The zero-order valence-electron chi connectivity index (χ0n) is 27.2. The van der Waals surface area contributed by atoms with E-state index in [2.05, 4.69) is 107 Å². The number of alkyl halides is 1. The number of fused-ring (bicyclic) bond motifs is 2. The van der Waals surface area contributed by atoms with E-state index in [-0.39, 0.29) is 31.8 Å². The van der Waals surface area contributed by atoms with Crippen LogP contribution in [0.1, 0.15) is 57.6 Å². The molecule has 0 atom stereocenters. The molecule has 5 rings (SSSR count). The summed E-state index contributed by atoms with van der Waals surface area (Å²) in [6.45, 7) is 14.5. The molecule has 0 saturated carbocycles. The van der Waals surface area contributed by atoms with Gasteiger partial charge in [0.25, 0.3) is 0 Å². The van der Waals surface area contributed by atoms with Crippen LogP contribution in [0.5, 0.6) is 0 Å². The summed E-state index contributed by atoms with van der Waals surface area (Å²) >= 11 is 1.95. The number of benzene rings is 3. The SMILES string of the molecule is CCC(CC)/C(O)=C/C(=O)CF.Cc1c([Si](C)(C)c2ccccc2)sc2c(-c3[c-]c4ccccc4c(C(C)C)c3)nccc12.[Ir]. The largest absolute Gasteiger partial charge is 0.512 e. The normalized spacial score (nSPS) is 11.9. The number of halogens is 1. The number of hydrogen-bond donors (Lipinski definition) is 1. The molecule has 0 aliphatic rings. The molecule has 0 amide bonds. The van der Waals surface area contributed by atoms with Crippen molar-refractivity contribution in [3.8, 4) is 11.3 Å². The van der Waals surface area contributed by atoms with Gasteiger partial charge in [0.05, 0.1) is 5.76 Å². The minimum absolute atomic E-state index is 0. The summed E-state index contributed by atoms with van der Waals surface area (Å²) in [6, 6.07) is 27.8. The summed E-state index contributed by atoms with van der Waals surface area (Å²) in [6.07, 6.45) is 4.48. The van der Waals surface area contributed by atoms with Gasteiger partial charge in [-0.2, -0.15) is 11.3 Å². The van der Waals surface area contributed by atoms with Crippen molar-refractivity contribution in [1.29, 1.82) is 0 Å². The number of carbonyl (C=O) groups excluding carboxylic acids is 1. The van der Waals surface area contributed by atoms with E-state index in [1.807, 2.05) is 31.4 Å². The Labute approximate surface area is 286 Å². The number of aliphatic hydroxyl groups is 1. The fraction of sp³-hybridized carbons (Fsp3) is 0.316. The van der Waals surface area contributed by atoms with Gasteiger partial charge in [0.1, 0.15) is 8.07 Å². The van der Waals surface area contributed by atoms with Gasteiger partial charge in [-0.3, -0.25) is 9.78 Å². The third-order valence-electron chi connectivity index (χ3n) is 8.45. The number of allylic oxidation sites excluding steroid dienone is 2. The van der Waals surface area contributed by atoms with E-state index in [0.717, 1.165) is 30.2 Å². The van der Waals surface area contributed by atoms with Crippen molar-refractivity contribution < 1.29 is 34.4 Å². The number of rotatable bonds is 9. The summed E-state index contributed by atoms with van der Waals surface area (Å²) in [5, 5.41) is 14.5. The van der Waals surface area contributed by atoms with E-state index in [4.69, 9.17) is 4.98 Å². The van der Waals surface area contributed by atoms with Crippen molar-refractivity contribution in [3.05, 3.63) is 102 Å². The smallest absolute Gasteiger partial charge is 0.189 e. The molecule has 2 aromatic heterocycles. The predicted molar refractivity (Wildman–Crippen MR) is 189 cm³/mol. The number of aromatic nitrogens is 1. The second kappa shape index (κ2) is 16.0. The maximum Gasteiger partial charge on any atom is 0.189 e. The van der Waals surface area contributed by atoms with Gasteiger partial charge < -0.3 is 5.11 Å². The average molecular weight is 817 g/mol. The van der Waals surface area contributed by atoms with Crippen molar-refractivity contribution in [2.45, 2.75) is 66.5 Å². The average Bonchev–Trinajstić information content (AvgIpc) is 3.38. The van der Waals surface area contributed by atoms with Gasteiger partial charge >= 0.3 is 0 Å². The molecule has 0 spiro atoms. The number of pyridine rings is 1. The van der Waals surface area contributed by atoms with E-state index in [1.165, 1.54) is 41.7 Å². The van der Waals surface area contributed by atoms with Crippen molar-refractivity contribution in [3.63, 3.8) is 0 Å². The van der Waals surface area contributed by atoms with E-state index in [9.17, 15) is 14.3 Å². The van der Waals surface area contributed by atoms with E-state index in [1.54, 1.807) is 0 Å². The number of ketones is 1. The molecule has 3 nitrogen and oxygen atoms in total. The van der Waals surface area contributed by atoms with Crippen LogP contribution in [0.2, 0.25) is 13.1 Å². The first-order chi connectivity index (χ1) is 21.0. The molecule has 0 saturated heterocycles. The van der Waals surface area contributed by atoms with Crippen LogP contribution in [0, 0.1) is 18.9 Å². The monoisotopic (exact) mass is 817 g/mol. The molecule has 5 aromatic rings. The minimum atomic E-state index is -1.80. The van der Waals surface area contributed by atoms with Crippen LogP contribution in [-0.4, -0.2) is 30.6 Å². The molecule has 0 fully saturated rings. The number of aliphatic hydroxyl groups excluding tert-OH is 1. The standard InChI is InChI=1S/C29H28NSSi.C9H15FO2.Ir/c1-19(2)26-18-22(17-21-11-9-10-14-25(21)26)27-28-24(15-16-30-27)20(3)29(31-28)32(4,5)23-12-7-6-8-13-23;1-3-7(4-2)9(12)5-8(11)6-10;/h6-16,18-19H,1-5H3;5,7,12H,3-4,6H2,1-2H3;/q-1;;/b;9-5-;. The zero-order valence-corrected chi connectivity index (χ0v) is 31.4. The van der Waals surface area contributed by atoms with Gasteiger partial charge in [0, 0.05) is 48.7 Å². The third kappa shape index (κ3) is 8.07. The number of hydrogen-bond acceptors (Lipinski definition) is 4. The number of nitrogens with zero attached hydrogens (tertiary/aromatic N) is 1. The van der Waals surface area contributed by atoms with Gasteiger partial charge in [-0.1, -0.05) is 105 Å². The Morgan fingerprint density at radius 3 is 2.29 bits per heavy atom. The van der Waals surface area contributed by atoms with Crippen LogP contribution in [0.4, 0.5) is 4.39 Å². The zero-order chi connectivity index (χ0) is 32.0. The molecule has 45 heavy (non-hydrogen) atoms. The van der Waals surface area contributed by atoms with E-state index >= 15 is 0 Å². The van der Waals surface area contributed by atoms with Crippen LogP contribution in [-0.2, 0) is 24.9 Å². The molecule has 2 heterocycles. The van der Waals surface area contributed by atoms with Crippen LogP contribution in [0.3, 0.4) is 0 Å². The molecule has 0 unspecified atom stereocenters. The Hall–Kier alpha value is -2.96. The first-order valence-corrected chi connectivity index (χ1v) is 19.2. The molecule has 0 bridgehead atoms. The van der Waals surface area contributed by atoms with Crippen LogP contribution >= 0.6 is 11.3 Å². The van der Waals surface area contributed by atoms with Crippen LogP contribution in [0.15, 0.2) is 84.8 Å². The number of thiophene rings is 1. The Kier molecular flexibility index (Phi) is 13.0. The predicted octanol–water partition coefficient (Wildman–Crippen LogP) is 9.57. The van der Waals surface area contributed by atoms with Crippen molar-refractivity contribution in [1.82, 2.24) is 4.98 Å². The molecule has 0 aliphatic carbocycles. The van der Waals surface area contributed by atoms with Crippen molar-refractivity contribution >= 4 is 55.7 Å². The molecule has 1 N–H and O–H groups in total. The van der Waals surface area contributed by atoms with Gasteiger partial charge in [-0.05, 0) is 47.2 Å². The van der Waals surface area contributed by atoms with E-state index < -0.39 is 20.5 Å². The second-order valence-electron chi connectivity index (χ2n) is 12.1. The first kappa shape index (κ1) is 36.5. The molecular weight excluding hydrogens is 774 g/mol. The Morgan fingerprint density at radius 2 is 1.67 bits per heavy atom. The quantitative estimate of drug-likeness (QED) is 0.0699. The summed E-state index contributed by atoms with van der Waals surface area (Å²) in [5.74, 6) is -0.236. The van der Waals surface area contributed by atoms with Gasteiger partial charge in [-0.25, -0.2) is 4.39 Å². The topological polar surface area (TPSA) is 50.2 Å². The van der Waals surface area contributed by atoms with Gasteiger partial charge in [0.2, 0.25) is 0 Å². The fourth-order valence-electron chi connectivity index (χ4n) is 5.81. The Bertz CT molecular complexity index is 1780. The van der Waals surface area contributed by atoms with Crippen LogP contribution in [0.25, 0.3) is 32.1 Å². The Morgan fingerprint density at radius 1 is 1.02 bits per heavy atom. The molecule has 239 valence electrons. The van der Waals surface area contributed by atoms with E-state index in [0.29, 0.717) is 5.92 Å². The van der Waals surface area contributed by atoms with Crippen molar-refractivity contribution in [2.24, 2.45) is 5.92 Å². The summed E-state index contributed by atoms with van der Waals surface area (Å²) in [4.78, 5) is 15.4. The maximum absolute atomic E-state index is 11.7. The molecule has 7 heteroatoms. The van der Waals surface area contributed by atoms with Gasteiger partial charge in [-0.15, -0.1) is 29.1 Å². The third-order valence-corrected chi connectivity index (χ3v) is 14.7. The maximum atomic E-state index is 11.7. The molecule has 1 radical (unpaired) electrons. The van der Waals surface area contributed by atoms with Crippen molar-refractivity contribution in [2.75, 3.05) is 6.67 Å². The summed E-state index contributed by atoms with van der Waals surface area (Å²) in [7, 11) is -1.80. The summed E-state index contributed by atoms with van der Waals surface area (Å²) in [5.41, 5.74) is 4.94. The second-order valence-corrected chi connectivity index (χ2v) is 17.8. The fourth-order valence-corrected chi connectivity index (χ4v) is 10.9. The minimum Gasteiger partial charge on any atom is -0.512 e. The number of aryl methyl sites for hydroxylation is 1. The van der Waals surface area contributed by atoms with Crippen LogP contribution < -0.4 is 9.69 Å². The van der Waals surface area contributed by atoms with Gasteiger partial charge in [0.15, 0.2) is 12.5 Å². The molecule has 0 aliphatic heterocycles. The molecular formula is C38H43FIrNO2SSi-. The first-order valence-electron chi connectivity index (χ1n) is 15.4. The number of carbonyl (C=O) groups is 1. The Balaban J connectivity index is 0.000000365. The molecule has 3 aromatic carbocycles.